The van der Waals surface area contributed by atoms with Crippen molar-refractivity contribution in [3.63, 3.8) is 0 Å². The number of rotatable bonds is 6. The van der Waals surface area contributed by atoms with E-state index >= 15 is 0 Å². The van der Waals surface area contributed by atoms with Crippen LogP contribution in [0.25, 0.3) is 12.2 Å². The Morgan fingerprint density at radius 3 is 2.44 bits per heavy atom. The molecule has 0 aromatic heterocycles. The molecule has 3 aliphatic rings. The van der Waals surface area contributed by atoms with E-state index in [1.807, 2.05) is 26.8 Å². The molecule has 1 aliphatic carbocycles. The molecule has 0 bridgehead atoms. The monoisotopic (exact) mass is 527 g/mol. The van der Waals surface area contributed by atoms with Crippen molar-refractivity contribution in [1.82, 2.24) is 4.90 Å². The van der Waals surface area contributed by atoms with Crippen LogP contribution < -0.4 is 4.74 Å². The second kappa shape index (κ2) is 10.0. The molecule has 4 nitrogen and oxygen atoms in total. The molecule has 6 heteroatoms. The number of hydrogen-bond acceptors (Lipinski definition) is 4. The zero-order valence-electron chi connectivity index (χ0n) is 21.4. The highest BCUT2D eigenvalue weighted by atomic mass is 35.5. The number of hydrogen-bond donors (Lipinski definition) is 0. The minimum absolute atomic E-state index is 0.0608. The zero-order valence-corrected chi connectivity index (χ0v) is 22.9. The van der Waals surface area contributed by atoms with E-state index in [-0.39, 0.29) is 11.4 Å². The largest absolute Gasteiger partial charge is 0.492 e. The summed E-state index contributed by atoms with van der Waals surface area (Å²) in [5.74, 6) is 1.47. The number of likely N-dealkylation sites (tertiary alicyclic amines) is 1. The molecule has 2 aromatic carbocycles. The number of ether oxygens (including phenoxy) is 2. The number of carbonyl (C=O) groups is 1. The summed E-state index contributed by atoms with van der Waals surface area (Å²) in [6.45, 7) is 9.10. The lowest BCUT2D eigenvalue weighted by molar-refractivity contribution is -0.155. The number of nitrogens with zero attached hydrogens (tertiary/aromatic N) is 1. The van der Waals surface area contributed by atoms with E-state index in [2.05, 4.69) is 41.3 Å². The van der Waals surface area contributed by atoms with Gasteiger partial charge in [-0.25, -0.2) is 0 Å². The van der Waals surface area contributed by atoms with Crippen molar-refractivity contribution < 1.29 is 14.3 Å². The van der Waals surface area contributed by atoms with Crippen LogP contribution in [0.3, 0.4) is 0 Å². The van der Waals surface area contributed by atoms with Crippen molar-refractivity contribution >= 4 is 41.3 Å². The minimum Gasteiger partial charge on any atom is -0.492 e. The van der Waals surface area contributed by atoms with E-state index in [9.17, 15) is 4.79 Å². The number of halogens is 2. The Kier molecular flexibility index (Phi) is 7.15. The summed E-state index contributed by atoms with van der Waals surface area (Å²) in [5, 5.41) is 1.41. The second-order valence-electron chi connectivity index (χ2n) is 11.5. The molecular weight excluding hydrogens is 493 g/mol. The van der Waals surface area contributed by atoms with Gasteiger partial charge in [0.05, 0.1) is 13.0 Å². The predicted octanol–water partition coefficient (Wildman–Crippen LogP) is 7.50. The predicted molar refractivity (Wildman–Crippen MR) is 147 cm³/mol. The summed E-state index contributed by atoms with van der Waals surface area (Å²) in [5.41, 5.74) is 4.11. The lowest BCUT2D eigenvalue weighted by atomic mass is 9.74. The van der Waals surface area contributed by atoms with Crippen LogP contribution in [0.4, 0.5) is 0 Å². The fraction of sp³-hybridized carbons (Fsp3) is 0.500. The van der Waals surface area contributed by atoms with Crippen molar-refractivity contribution in [2.45, 2.75) is 69.8 Å². The maximum absolute atomic E-state index is 12.1. The van der Waals surface area contributed by atoms with Gasteiger partial charge in [0.2, 0.25) is 0 Å². The third-order valence-corrected chi connectivity index (χ3v) is 8.16. The summed E-state index contributed by atoms with van der Waals surface area (Å²) >= 11 is 13.1. The number of benzene rings is 2. The number of fused-ring (bicyclic) bond motifs is 2. The van der Waals surface area contributed by atoms with Gasteiger partial charge in [0.1, 0.15) is 11.4 Å². The van der Waals surface area contributed by atoms with E-state index in [4.69, 9.17) is 32.7 Å². The molecule has 5 rings (SSSR count). The lowest BCUT2D eigenvalue weighted by Crippen LogP contribution is -2.44. The number of carbonyl (C=O) groups excluding carboxylic acids is 1. The molecule has 2 aliphatic heterocycles. The molecule has 1 spiro atoms. The van der Waals surface area contributed by atoms with Crippen molar-refractivity contribution in [3.8, 4) is 5.75 Å². The summed E-state index contributed by atoms with van der Waals surface area (Å²) < 4.78 is 11.6. The van der Waals surface area contributed by atoms with Crippen molar-refractivity contribution in [2.75, 3.05) is 26.2 Å². The molecule has 0 amide bonds. The van der Waals surface area contributed by atoms with Crippen LogP contribution >= 0.6 is 23.2 Å². The average molecular weight is 529 g/mol. The van der Waals surface area contributed by atoms with Crippen LogP contribution in [-0.4, -0.2) is 42.7 Å². The van der Waals surface area contributed by atoms with Crippen LogP contribution in [0.1, 0.15) is 81.0 Å². The maximum atomic E-state index is 12.1. The van der Waals surface area contributed by atoms with Gasteiger partial charge in [-0.05, 0) is 94.8 Å². The van der Waals surface area contributed by atoms with Gasteiger partial charge in [0.15, 0.2) is 0 Å². The highest BCUT2D eigenvalue weighted by Crippen LogP contribution is 2.46. The molecule has 0 unspecified atom stereocenters. The van der Waals surface area contributed by atoms with Gasteiger partial charge in [-0.15, -0.1) is 0 Å². The van der Waals surface area contributed by atoms with Crippen LogP contribution in [0.2, 0.25) is 10.0 Å². The molecule has 2 heterocycles. The van der Waals surface area contributed by atoms with Crippen LogP contribution in [-0.2, 0) is 14.9 Å². The molecule has 2 fully saturated rings. The Bertz CT molecular complexity index is 1150. The Hall–Kier alpha value is -2.01. The SMILES string of the molecule is CC(C)(C)OC(=O)CCN1CCC2(CC1)COc1cc(/C=C/c3c(Cl)cc(C4CC4)cc3Cl)ccc12. The molecule has 2 aromatic rings. The first-order valence-corrected chi connectivity index (χ1v) is 13.8. The van der Waals surface area contributed by atoms with E-state index in [1.54, 1.807) is 0 Å². The summed E-state index contributed by atoms with van der Waals surface area (Å²) in [6.07, 6.45) is 8.99. The zero-order chi connectivity index (χ0) is 25.5. The van der Waals surface area contributed by atoms with Gasteiger partial charge < -0.3 is 14.4 Å². The third-order valence-electron chi connectivity index (χ3n) is 7.54. The van der Waals surface area contributed by atoms with Crippen LogP contribution in [0.5, 0.6) is 5.75 Å². The highest BCUT2D eigenvalue weighted by molar-refractivity contribution is 6.37. The second-order valence-corrected chi connectivity index (χ2v) is 12.3. The van der Waals surface area contributed by atoms with Gasteiger partial charge in [0.25, 0.3) is 0 Å². The number of piperidine rings is 1. The van der Waals surface area contributed by atoms with Crippen LogP contribution in [0.15, 0.2) is 30.3 Å². The first-order valence-electron chi connectivity index (χ1n) is 13.0. The Balaban J connectivity index is 1.21. The Morgan fingerprint density at radius 1 is 1.11 bits per heavy atom. The standard InChI is InChI=1S/C30H35Cl2NO3/c1-29(2,3)36-28(34)10-13-33-14-11-30(12-15-33)19-35-27-16-20(5-9-24(27)30)4-8-23-25(31)17-22(18-26(23)32)21-6-7-21/h4-5,8-9,16-18,21H,6-7,10-15,19H2,1-3H3/b8-4+. The summed E-state index contributed by atoms with van der Waals surface area (Å²) in [4.78, 5) is 14.5. The fourth-order valence-corrected chi connectivity index (χ4v) is 5.98. The molecule has 1 saturated carbocycles. The lowest BCUT2D eigenvalue weighted by Gasteiger charge is -2.38. The summed E-state index contributed by atoms with van der Waals surface area (Å²) in [6, 6.07) is 10.6. The Morgan fingerprint density at radius 2 is 1.81 bits per heavy atom. The molecule has 0 radical (unpaired) electrons. The van der Waals surface area contributed by atoms with Crippen molar-refractivity contribution in [1.29, 1.82) is 0 Å². The van der Waals surface area contributed by atoms with Gasteiger partial charge in [0, 0.05) is 33.1 Å². The topological polar surface area (TPSA) is 38.8 Å². The maximum Gasteiger partial charge on any atom is 0.307 e. The van der Waals surface area contributed by atoms with E-state index < -0.39 is 5.60 Å². The normalized spacial score (nSPS) is 19.5. The Labute approximate surface area is 224 Å². The first-order chi connectivity index (χ1) is 17.1. The smallest absolute Gasteiger partial charge is 0.307 e. The van der Waals surface area contributed by atoms with E-state index in [0.717, 1.165) is 56.0 Å². The van der Waals surface area contributed by atoms with Gasteiger partial charge in [-0.3, -0.25) is 4.79 Å². The third kappa shape index (κ3) is 5.77. The quantitative estimate of drug-likeness (QED) is 0.288. The average Bonchev–Trinajstić information content (AvgIpc) is 3.61. The van der Waals surface area contributed by atoms with Crippen LogP contribution in [0, 0.1) is 0 Å². The van der Waals surface area contributed by atoms with Gasteiger partial charge >= 0.3 is 5.97 Å². The minimum atomic E-state index is -0.429. The van der Waals surface area contributed by atoms with Crippen molar-refractivity contribution in [2.24, 2.45) is 0 Å². The van der Waals surface area contributed by atoms with Gasteiger partial charge in [-0.1, -0.05) is 47.5 Å². The molecule has 36 heavy (non-hydrogen) atoms. The fourth-order valence-electron chi connectivity index (χ4n) is 5.35. The van der Waals surface area contributed by atoms with E-state index in [1.165, 1.54) is 24.0 Å². The molecular formula is C30H35Cl2NO3. The molecule has 0 N–H and O–H groups in total. The summed E-state index contributed by atoms with van der Waals surface area (Å²) in [7, 11) is 0. The molecule has 192 valence electrons. The molecule has 1 saturated heterocycles. The van der Waals surface area contributed by atoms with Crippen molar-refractivity contribution in [3.05, 3.63) is 62.6 Å². The first kappa shape index (κ1) is 25.6. The van der Waals surface area contributed by atoms with E-state index in [0.29, 0.717) is 22.4 Å². The molecule has 0 atom stereocenters. The van der Waals surface area contributed by atoms with Gasteiger partial charge in [-0.2, -0.15) is 0 Å². The highest BCUT2D eigenvalue weighted by Gasteiger charge is 2.43. The number of esters is 1.